The Morgan fingerprint density at radius 1 is 1.02 bits per heavy atom. The molecule has 0 aromatic rings. The van der Waals surface area contributed by atoms with Crippen LogP contribution >= 0.6 is 11.8 Å². The monoisotopic (exact) mass is 666 g/mol. The molecule has 0 saturated carbocycles. The molecule has 0 radical (unpaired) electrons. The van der Waals surface area contributed by atoms with Crippen LogP contribution in [0.4, 0.5) is 0 Å². The number of carbonyl (C=O) groups is 1. The Morgan fingerprint density at radius 2 is 1.73 bits per heavy atom. The number of hydrogen-bond donors (Lipinski definition) is 0. The zero-order valence-corrected chi connectivity index (χ0v) is 32.4. The van der Waals surface area contributed by atoms with E-state index in [1.807, 2.05) is 19.3 Å². The quantitative estimate of drug-likeness (QED) is 0.116. The van der Waals surface area contributed by atoms with Gasteiger partial charge in [-0.1, -0.05) is 78.0 Å². The number of ether oxygens (including phenoxy) is 4. The van der Waals surface area contributed by atoms with Gasteiger partial charge in [0.2, 0.25) is 0 Å². The van der Waals surface area contributed by atoms with Crippen molar-refractivity contribution >= 4 is 26.0 Å². The number of rotatable bonds is 7. The third-order valence-corrected chi connectivity index (χ3v) is 14.3. The second-order valence-corrected chi connectivity index (χ2v) is 19.9. The van der Waals surface area contributed by atoms with Gasteiger partial charge in [-0.05, 0) is 87.2 Å². The Kier molecular flexibility index (Phi) is 20.1. The van der Waals surface area contributed by atoms with Crippen molar-refractivity contribution < 1.29 is 28.2 Å². The average molecular weight is 667 g/mol. The lowest BCUT2D eigenvalue weighted by Gasteiger charge is -2.44. The minimum atomic E-state index is -2.06. The summed E-state index contributed by atoms with van der Waals surface area (Å²) in [6.45, 7) is 21.0. The van der Waals surface area contributed by atoms with Crippen LogP contribution in [0.3, 0.4) is 0 Å². The molecular formula is C37H66O6SSi. The highest BCUT2D eigenvalue weighted by Gasteiger charge is 2.42. The first-order valence-electron chi connectivity index (χ1n) is 16.8. The van der Waals surface area contributed by atoms with Gasteiger partial charge in [0.1, 0.15) is 0 Å². The molecule has 6 nitrogen and oxygen atoms in total. The Hall–Kier alpha value is -1.16. The summed E-state index contributed by atoms with van der Waals surface area (Å²) in [4.78, 5) is 12.2. The number of esters is 1. The van der Waals surface area contributed by atoms with E-state index >= 15 is 0 Å². The standard InChI is InChI=1S/C37H66O6SSi/c1-28-21-22-29(2)33(40-9)24-23-30(3)36(43-45(11,12)37(5,6)7)31(4)34(42-27-44-10)19-14-13-15-20-35(38)41-25-17-16-18-32(26-28)39-8/h13-16,18,20,22,28,30-34,36H,17,19,21,23-27H2,1-12H3/b14-13+,18-16+,20-15+,29-22+/t28-,30-,31-,32+,33+,34-,36-/m1/s1. The van der Waals surface area contributed by atoms with E-state index in [1.165, 1.54) is 11.6 Å². The molecule has 0 saturated heterocycles. The van der Waals surface area contributed by atoms with Crippen molar-refractivity contribution in [2.45, 2.75) is 130 Å². The average Bonchev–Trinajstić information content (AvgIpc) is 2.98. The zero-order valence-electron chi connectivity index (χ0n) is 30.6. The fraction of sp³-hybridized carbons (Fsp3) is 0.757. The lowest BCUT2D eigenvalue weighted by Crippen LogP contribution is -2.49. The SMILES string of the molecule is CO[C@H]1CC[C@@H](C)[C@@H](O[Si](C)(C)C(C)(C)C)[C@H](C)[C@H](OCSC)C/C=C/C=C/C(=O)OCC/C=C/[C@H](OC)C[C@H](C)C/C=C/1C. The number of carbonyl (C=O) groups excluding carboxylic acids is 1. The van der Waals surface area contributed by atoms with E-state index in [4.69, 9.17) is 23.4 Å². The molecule has 8 heteroatoms. The number of allylic oxidation sites excluding steroid dienone is 3. The predicted octanol–water partition coefficient (Wildman–Crippen LogP) is 9.53. The molecule has 45 heavy (non-hydrogen) atoms. The van der Waals surface area contributed by atoms with Gasteiger partial charge in [-0.3, -0.25) is 0 Å². The summed E-state index contributed by atoms with van der Waals surface area (Å²) in [5, 5.41) is 0.1000. The molecule has 7 atom stereocenters. The van der Waals surface area contributed by atoms with Crippen LogP contribution in [0.2, 0.25) is 18.1 Å². The number of methoxy groups -OCH3 is 2. The van der Waals surface area contributed by atoms with Crippen molar-refractivity contribution in [1.82, 2.24) is 0 Å². The van der Waals surface area contributed by atoms with Crippen molar-refractivity contribution in [1.29, 1.82) is 0 Å². The molecule has 1 aliphatic heterocycles. The van der Waals surface area contributed by atoms with Gasteiger partial charge in [0, 0.05) is 26.2 Å². The van der Waals surface area contributed by atoms with Crippen molar-refractivity contribution in [3.05, 3.63) is 48.1 Å². The normalized spacial score (nSPS) is 32.8. The molecule has 1 rings (SSSR count). The third kappa shape index (κ3) is 16.0. The molecule has 0 aliphatic carbocycles. The molecule has 0 aromatic heterocycles. The number of thioether (sulfide) groups is 1. The van der Waals surface area contributed by atoms with Crippen LogP contribution in [0.15, 0.2) is 48.1 Å². The lowest BCUT2D eigenvalue weighted by molar-refractivity contribution is -0.137. The first-order valence-corrected chi connectivity index (χ1v) is 21.1. The maximum atomic E-state index is 12.2. The second kappa shape index (κ2) is 21.7. The highest BCUT2D eigenvalue weighted by molar-refractivity contribution is 7.98. The van der Waals surface area contributed by atoms with Crippen LogP contribution in [0.25, 0.3) is 0 Å². The molecule has 0 fully saturated rings. The summed E-state index contributed by atoms with van der Waals surface area (Å²) >= 11 is 1.69. The molecule has 0 amide bonds. The van der Waals surface area contributed by atoms with Gasteiger partial charge < -0.3 is 23.4 Å². The smallest absolute Gasteiger partial charge is 0.330 e. The van der Waals surface area contributed by atoms with Gasteiger partial charge in [0.15, 0.2) is 8.32 Å². The van der Waals surface area contributed by atoms with Gasteiger partial charge in [0.05, 0.1) is 37.0 Å². The van der Waals surface area contributed by atoms with E-state index in [9.17, 15) is 4.79 Å². The molecule has 0 spiro atoms. The highest BCUT2D eigenvalue weighted by atomic mass is 32.2. The van der Waals surface area contributed by atoms with Crippen LogP contribution in [0.5, 0.6) is 0 Å². The summed E-state index contributed by atoms with van der Waals surface area (Å²) in [5.74, 6) is 1.23. The largest absolute Gasteiger partial charge is 0.462 e. The third-order valence-electron chi connectivity index (χ3n) is 9.49. The van der Waals surface area contributed by atoms with E-state index in [-0.39, 0.29) is 41.3 Å². The van der Waals surface area contributed by atoms with Gasteiger partial charge in [-0.15, -0.1) is 11.8 Å². The maximum Gasteiger partial charge on any atom is 0.330 e. The lowest BCUT2D eigenvalue weighted by atomic mass is 9.84. The topological polar surface area (TPSA) is 63.2 Å². The van der Waals surface area contributed by atoms with E-state index in [0.717, 1.165) is 32.1 Å². The Morgan fingerprint density at radius 3 is 2.36 bits per heavy atom. The van der Waals surface area contributed by atoms with Crippen LogP contribution in [-0.4, -0.2) is 71.7 Å². The van der Waals surface area contributed by atoms with E-state index in [1.54, 1.807) is 24.9 Å². The van der Waals surface area contributed by atoms with Gasteiger partial charge in [-0.25, -0.2) is 4.79 Å². The summed E-state index contributed by atoms with van der Waals surface area (Å²) in [6.07, 6.45) is 21.1. The van der Waals surface area contributed by atoms with E-state index < -0.39 is 8.32 Å². The summed E-state index contributed by atoms with van der Waals surface area (Å²) in [6, 6.07) is 0. The van der Waals surface area contributed by atoms with Crippen LogP contribution < -0.4 is 0 Å². The summed E-state index contributed by atoms with van der Waals surface area (Å²) in [7, 11) is 1.51. The molecule has 0 aromatic carbocycles. The van der Waals surface area contributed by atoms with Gasteiger partial charge in [0.25, 0.3) is 0 Å². The van der Waals surface area contributed by atoms with E-state index in [0.29, 0.717) is 30.8 Å². The van der Waals surface area contributed by atoms with Crippen molar-refractivity contribution in [2.75, 3.05) is 33.0 Å². The van der Waals surface area contributed by atoms with Crippen molar-refractivity contribution in [3.63, 3.8) is 0 Å². The highest BCUT2D eigenvalue weighted by Crippen LogP contribution is 2.40. The fourth-order valence-corrected chi connectivity index (χ4v) is 7.18. The Labute approximate surface area is 281 Å². The van der Waals surface area contributed by atoms with Crippen LogP contribution in [0.1, 0.15) is 87.0 Å². The fourth-order valence-electron chi connectivity index (χ4n) is 5.38. The second-order valence-electron chi connectivity index (χ2n) is 14.3. The molecule has 1 heterocycles. The Bertz CT molecular complexity index is 953. The van der Waals surface area contributed by atoms with Crippen molar-refractivity contribution in [3.8, 4) is 0 Å². The summed E-state index contributed by atoms with van der Waals surface area (Å²) < 4.78 is 30.8. The molecule has 0 N–H and O–H groups in total. The van der Waals surface area contributed by atoms with E-state index in [2.05, 4.69) is 86.0 Å². The zero-order chi connectivity index (χ0) is 34.0. The van der Waals surface area contributed by atoms with Crippen LogP contribution in [0, 0.1) is 17.8 Å². The summed E-state index contributed by atoms with van der Waals surface area (Å²) in [5.41, 5.74) is 1.28. The molecule has 0 unspecified atom stereocenters. The predicted molar refractivity (Wildman–Crippen MR) is 194 cm³/mol. The van der Waals surface area contributed by atoms with Gasteiger partial charge >= 0.3 is 5.97 Å². The van der Waals surface area contributed by atoms with Crippen molar-refractivity contribution in [2.24, 2.45) is 17.8 Å². The molecule has 0 bridgehead atoms. The number of hydrogen-bond acceptors (Lipinski definition) is 7. The van der Waals surface area contributed by atoms with Gasteiger partial charge in [-0.2, -0.15) is 0 Å². The maximum absolute atomic E-state index is 12.2. The van der Waals surface area contributed by atoms with Crippen LogP contribution in [-0.2, 0) is 28.2 Å². The molecule has 260 valence electrons. The minimum absolute atomic E-state index is 0.0131. The molecular weight excluding hydrogens is 601 g/mol. The Balaban J connectivity index is 3.38. The first kappa shape index (κ1) is 41.9. The minimum Gasteiger partial charge on any atom is -0.462 e. The first-order chi connectivity index (χ1) is 21.2. The molecule has 1 aliphatic rings. The number of cyclic esters (lactones) is 1.